The summed E-state index contributed by atoms with van der Waals surface area (Å²) in [7, 11) is 4.33. The van der Waals surface area contributed by atoms with Crippen molar-refractivity contribution >= 4 is 0 Å². The van der Waals surface area contributed by atoms with E-state index < -0.39 is 0 Å². The molecule has 2 N–H and O–H groups in total. The van der Waals surface area contributed by atoms with Crippen molar-refractivity contribution in [2.24, 2.45) is 5.92 Å². The van der Waals surface area contributed by atoms with E-state index >= 15 is 0 Å². The molecule has 208 valence electrons. The molecule has 0 aliphatic carbocycles. The lowest BCUT2D eigenvalue weighted by atomic mass is 9.69. The van der Waals surface area contributed by atoms with E-state index in [4.69, 9.17) is 0 Å². The summed E-state index contributed by atoms with van der Waals surface area (Å²) in [6.07, 6.45) is 9.23. The number of piperidine rings is 1. The van der Waals surface area contributed by atoms with E-state index in [1.807, 2.05) is 0 Å². The number of hydrogen-bond donors (Lipinski definition) is 2. The van der Waals surface area contributed by atoms with E-state index in [9.17, 15) is 10.4 Å². The molecule has 0 amide bonds. The maximum atomic E-state index is 10.5. The maximum Gasteiger partial charge on any atom is 0.0585 e. The summed E-state index contributed by atoms with van der Waals surface area (Å²) in [5.74, 6) is 0.490. The normalized spacial score (nSPS) is 31.2. The maximum absolute atomic E-state index is 10.5. The summed E-state index contributed by atoms with van der Waals surface area (Å²) >= 11 is 0. The lowest BCUT2D eigenvalue weighted by molar-refractivity contribution is -0.254. The van der Waals surface area contributed by atoms with E-state index in [1.54, 1.807) is 10.6 Å². The lowest BCUT2D eigenvalue weighted by Gasteiger charge is -2.54. The Kier molecular flexibility index (Phi) is 8.76. The van der Waals surface area contributed by atoms with Gasteiger partial charge < -0.3 is 25.1 Å². The summed E-state index contributed by atoms with van der Waals surface area (Å²) in [4.78, 5) is 7.14. The van der Waals surface area contributed by atoms with E-state index in [-0.39, 0.29) is 22.2 Å². The first kappa shape index (κ1) is 29.6. The Morgan fingerprint density at radius 1 is 0.722 bits per heavy atom. The van der Waals surface area contributed by atoms with E-state index in [0.29, 0.717) is 5.92 Å². The molecule has 0 aromatic rings. The molecule has 7 nitrogen and oxygen atoms in total. The average Bonchev–Trinajstić information content (AvgIpc) is 2.77. The van der Waals surface area contributed by atoms with Gasteiger partial charge in [-0.1, -0.05) is 17.7 Å². The van der Waals surface area contributed by atoms with Gasteiger partial charge in [0.25, 0.3) is 0 Å². The van der Waals surface area contributed by atoms with Crippen molar-refractivity contribution in [1.82, 2.24) is 24.8 Å². The van der Waals surface area contributed by atoms with Gasteiger partial charge >= 0.3 is 0 Å². The third-order valence-electron chi connectivity index (χ3n) is 9.01. The Hall–Kier alpha value is -0.960. The molecule has 1 unspecified atom stereocenters. The second kappa shape index (κ2) is 10.7. The van der Waals surface area contributed by atoms with Crippen LogP contribution in [0.3, 0.4) is 0 Å². The lowest BCUT2D eigenvalue weighted by Crippen LogP contribution is -2.67. The first-order valence-electron chi connectivity index (χ1n) is 14.0. The SMILES string of the molecule is CN1CC=C(C2CCC(C)(C)N(O)C2(C)C)CC1.CN1CC=C(N2CC(C)(C)N(O)C(C)(C)C2)CC1. The van der Waals surface area contributed by atoms with Gasteiger partial charge in [-0.3, -0.25) is 0 Å². The van der Waals surface area contributed by atoms with E-state index in [0.717, 1.165) is 58.5 Å². The Morgan fingerprint density at radius 2 is 1.25 bits per heavy atom. The zero-order valence-electron chi connectivity index (χ0n) is 24.9. The molecule has 4 aliphatic rings. The Bertz CT molecular complexity index is 814. The van der Waals surface area contributed by atoms with Gasteiger partial charge in [-0.2, -0.15) is 10.1 Å². The molecule has 0 radical (unpaired) electrons. The first-order chi connectivity index (χ1) is 16.5. The van der Waals surface area contributed by atoms with Crippen LogP contribution in [-0.4, -0.2) is 111 Å². The van der Waals surface area contributed by atoms with Crippen molar-refractivity contribution in [2.75, 3.05) is 53.4 Å². The molecule has 0 bridgehead atoms. The third kappa shape index (κ3) is 6.36. The van der Waals surface area contributed by atoms with Gasteiger partial charge in [0.05, 0.1) is 11.1 Å². The Morgan fingerprint density at radius 3 is 1.72 bits per heavy atom. The van der Waals surface area contributed by atoms with Crippen LogP contribution in [0.5, 0.6) is 0 Å². The summed E-state index contributed by atoms with van der Waals surface area (Å²) in [5, 5.41) is 24.0. The zero-order valence-corrected chi connectivity index (χ0v) is 24.9. The van der Waals surface area contributed by atoms with Crippen LogP contribution in [0.4, 0.5) is 0 Å². The molecule has 36 heavy (non-hydrogen) atoms. The second-order valence-corrected chi connectivity index (χ2v) is 14.2. The smallest absolute Gasteiger partial charge is 0.0585 e. The third-order valence-corrected chi connectivity index (χ3v) is 9.01. The predicted molar refractivity (Wildman–Crippen MR) is 148 cm³/mol. The number of hydrogen-bond acceptors (Lipinski definition) is 7. The molecule has 0 spiro atoms. The van der Waals surface area contributed by atoms with Crippen LogP contribution < -0.4 is 0 Å². The molecule has 1 atom stereocenters. The summed E-state index contributed by atoms with van der Waals surface area (Å²) in [6, 6.07) is 0. The van der Waals surface area contributed by atoms with Gasteiger partial charge in [0.2, 0.25) is 0 Å². The second-order valence-electron chi connectivity index (χ2n) is 14.2. The molecule has 0 aromatic heterocycles. The quantitative estimate of drug-likeness (QED) is 0.529. The summed E-state index contributed by atoms with van der Waals surface area (Å²) in [5.41, 5.74) is 2.32. The number of piperazine rings is 1. The minimum absolute atomic E-state index is 0.105. The fraction of sp³-hybridized carbons (Fsp3) is 0.862. The van der Waals surface area contributed by atoms with Crippen LogP contribution in [-0.2, 0) is 0 Å². The van der Waals surface area contributed by atoms with Gasteiger partial charge in [0, 0.05) is 62.0 Å². The minimum atomic E-state index is -0.202. The molecule has 4 rings (SSSR count). The van der Waals surface area contributed by atoms with Crippen LogP contribution in [0.2, 0.25) is 0 Å². The van der Waals surface area contributed by atoms with Crippen molar-refractivity contribution < 1.29 is 10.4 Å². The highest BCUT2D eigenvalue weighted by Crippen LogP contribution is 2.45. The largest absolute Gasteiger partial charge is 0.371 e. The first-order valence-corrected chi connectivity index (χ1v) is 14.0. The molecule has 7 heteroatoms. The van der Waals surface area contributed by atoms with Gasteiger partial charge in [0.1, 0.15) is 0 Å². The van der Waals surface area contributed by atoms with Gasteiger partial charge in [-0.15, -0.1) is 0 Å². The highest BCUT2D eigenvalue weighted by atomic mass is 16.5. The average molecular weight is 506 g/mol. The highest BCUT2D eigenvalue weighted by Gasteiger charge is 2.48. The van der Waals surface area contributed by atoms with Crippen LogP contribution in [0.15, 0.2) is 23.4 Å². The number of hydroxylamine groups is 4. The highest BCUT2D eigenvalue weighted by molar-refractivity contribution is 5.18. The van der Waals surface area contributed by atoms with Gasteiger partial charge in [0.15, 0.2) is 0 Å². The fourth-order valence-electron chi connectivity index (χ4n) is 6.82. The summed E-state index contributed by atoms with van der Waals surface area (Å²) in [6.45, 7) is 23.2. The monoisotopic (exact) mass is 505 g/mol. The standard InChI is InChI=1S/C15H28N2O.C14H27N3O/c1-14(2)9-6-13(15(3,4)17(14)18)12-7-10-16(5)11-8-12;1-13(2)10-16(11-14(3,4)17(13)18)12-6-8-15(5)9-7-12/h7,13,18H,6,8-11H2,1-5H3;6,18H,7-11H2,1-5H3. The minimum Gasteiger partial charge on any atom is -0.371 e. The Balaban J connectivity index is 0.000000201. The molecule has 0 saturated carbocycles. The van der Waals surface area contributed by atoms with Crippen molar-refractivity contribution in [2.45, 2.75) is 103 Å². The number of rotatable bonds is 2. The molecule has 0 aromatic carbocycles. The molecule has 4 heterocycles. The van der Waals surface area contributed by atoms with Crippen LogP contribution in [0.25, 0.3) is 0 Å². The van der Waals surface area contributed by atoms with E-state index in [2.05, 4.69) is 96.3 Å². The molecule has 4 aliphatic heterocycles. The number of likely N-dealkylation sites (N-methyl/N-ethyl adjacent to an activating group) is 2. The van der Waals surface area contributed by atoms with Gasteiger partial charge in [-0.05, 0) is 95.2 Å². The van der Waals surface area contributed by atoms with Crippen LogP contribution in [0.1, 0.15) is 81.1 Å². The van der Waals surface area contributed by atoms with Crippen LogP contribution in [0, 0.1) is 5.92 Å². The predicted octanol–water partition coefficient (Wildman–Crippen LogP) is 4.68. The fourth-order valence-corrected chi connectivity index (χ4v) is 6.82. The van der Waals surface area contributed by atoms with Crippen molar-refractivity contribution in [3.63, 3.8) is 0 Å². The van der Waals surface area contributed by atoms with Crippen molar-refractivity contribution in [3.05, 3.63) is 23.4 Å². The van der Waals surface area contributed by atoms with Crippen molar-refractivity contribution in [1.29, 1.82) is 0 Å². The molecule has 2 saturated heterocycles. The van der Waals surface area contributed by atoms with Crippen molar-refractivity contribution in [3.8, 4) is 0 Å². The van der Waals surface area contributed by atoms with Crippen LogP contribution >= 0.6 is 0 Å². The Labute approximate surface area is 221 Å². The summed E-state index contributed by atoms with van der Waals surface area (Å²) < 4.78 is 0. The van der Waals surface area contributed by atoms with E-state index in [1.165, 1.54) is 17.2 Å². The molecular formula is C29H55N5O2. The number of nitrogens with zero attached hydrogens (tertiary/aromatic N) is 5. The van der Waals surface area contributed by atoms with Gasteiger partial charge in [-0.25, -0.2) is 0 Å². The molecular weight excluding hydrogens is 450 g/mol. The molecule has 2 fully saturated rings. The zero-order chi connectivity index (χ0) is 27.1. The topological polar surface area (TPSA) is 56.7 Å².